The lowest BCUT2D eigenvalue weighted by Crippen LogP contribution is -2.25. The molecule has 0 atom stereocenters. The second kappa shape index (κ2) is 8.52. The fourth-order valence-electron chi connectivity index (χ4n) is 3.04. The van der Waals surface area contributed by atoms with E-state index in [1.165, 1.54) is 23.5 Å². The molecule has 0 aliphatic carbocycles. The van der Waals surface area contributed by atoms with E-state index in [1.807, 2.05) is 13.0 Å². The normalized spacial score (nSPS) is 15.0. The highest BCUT2D eigenvalue weighted by atomic mass is 32.2. The fourth-order valence-corrected chi connectivity index (χ4v) is 4.59. The molecule has 0 bridgehead atoms. The Morgan fingerprint density at radius 2 is 1.97 bits per heavy atom. The number of hydrogen-bond donors (Lipinski definition) is 1. The second-order valence-electron chi connectivity index (χ2n) is 6.62. The van der Waals surface area contributed by atoms with Gasteiger partial charge in [-0.2, -0.15) is 0 Å². The number of carbonyl (C=O) groups is 2. The Morgan fingerprint density at radius 3 is 2.66 bits per heavy atom. The van der Waals surface area contributed by atoms with Gasteiger partial charge < -0.3 is 14.8 Å². The van der Waals surface area contributed by atoms with Crippen LogP contribution in [-0.4, -0.2) is 46.3 Å². The third-order valence-corrected chi connectivity index (χ3v) is 6.30. The Morgan fingerprint density at radius 1 is 1.17 bits per heavy atom. The number of benzene rings is 2. The molecule has 1 fully saturated rings. The molecule has 1 N–H and O–H groups in total. The minimum atomic E-state index is -3.35. The molecule has 0 spiro atoms. The molecule has 3 rings (SSSR count). The van der Waals surface area contributed by atoms with Gasteiger partial charge in [0, 0.05) is 6.54 Å². The number of aryl methyl sites for hydroxylation is 1. The molecule has 8 nitrogen and oxygen atoms in total. The van der Waals surface area contributed by atoms with Gasteiger partial charge in [0.15, 0.2) is 6.61 Å². The molecule has 154 valence electrons. The fraction of sp³-hybridized carbons (Fsp3) is 0.300. The lowest BCUT2D eigenvalue weighted by Gasteiger charge is -2.17. The number of nitrogens with one attached hydrogen (secondary N) is 1. The van der Waals surface area contributed by atoms with E-state index < -0.39 is 28.5 Å². The van der Waals surface area contributed by atoms with Crippen LogP contribution in [0.2, 0.25) is 0 Å². The molecule has 0 unspecified atom stereocenters. The standard InChI is InChI=1S/C20H22N2O6S/c1-14-7-8-18(27-2)17(11-14)21-19(23)13-28-20(24)15-5-3-6-16(12-15)22-9-4-10-29(22,25)26/h3,5-8,11-12H,4,9-10,13H2,1-2H3,(H,21,23). The number of amides is 1. The van der Waals surface area contributed by atoms with E-state index in [0.717, 1.165) is 5.56 Å². The average Bonchev–Trinajstić information content (AvgIpc) is 3.05. The minimum absolute atomic E-state index is 0.0876. The van der Waals surface area contributed by atoms with Crippen LogP contribution in [0.4, 0.5) is 11.4 Å². The largest absolute Gasteiger partial charge is 0.495 e. The van der Waals surface area contributed by atoms with Gasteiger partial charge in [-0.1, -0.05) is 12.1 Å². The summed E-state index contributed by atoms with van der Waals surface area (Å²) in [6, 6.07) is 11.5. The van der Waals surface area contributed by atoms with Gasteiger partial charge in [0.2, 0.25) is 10.0 Å². The maximum Gasteiger partial charge on any atom is 0.338 e. The number of methoxy groups -OCH3 is 1. The highest BCUT2D eigenvalue weighted by molar-refractivity contribution is 7.93. The van der Waals surface area contributed by atoms with E-state index in [1.54, 1.807) is 24.3 Å². The molecule has 1 saturated heterocycles. The number of anilines is 2. The summed E-state index contributed by atoms with van der Waals surface area (Å²) >= 11 is 0. The van der Waals surface area contributed by atoms with Gasteiger partial charge in [0.1, 0.15) is 5.75 Å². The van der Waals surface area contributed by atoms with E-state index in [-0.39, 0.29) is 11.3 Å². The van der Waals surface area contributed by atoms with Crippen LogP contribution < -0.4 is 14.4 Å². The predicted octanol–water partition coefficient (Wildman–Crippen LogP) is 2.34. The Balaban J connectivity index is 1.63. The third-order valence-electron chi connectivity index (χ3n) is 4.43. The number of carbonyl (C=O) groups excluding carboxylic acids is 2. The van der Waals surface area contributed by atoms with Crippen molar-refractivity contribution in [2.75, 3.05) is 35.6 Å². The first kappa shape index (κ1) is 20.7. The summed E-state index contributed by atoms with van der Waals surface area (Å²) in [4.78, 5) is 24.5. The SMILES string of the molecule is COc1ccc(C)cc1NC(=O)COC(=O)c1cccc(N2CCCS2(=O)=O)c1. The van der Waals surface area contributed by atoms with Gasteiger partial charge in [-0.05, 0) is 49.2 Å². The molecular formula is C20H22N2O6S. The van der Waals surface area contributed by atoms with Crippen LogP contribution in [0.3, 0.4) is 0 Å². The molecule has 29 heavy (non-hydrogen) atoms. The van der Waals surface area contributed by atoms with Gasteiger partial charge in [-0.3, -0.25) is 9.10 Å². The number of sulfonamides is 1. The number of hydrogen-bond acceptors (Lipinski definition) is 6. The molecule has 9 heteroatoms. The van der Waals surface area contributed by atoms with Crippen LogP contribution in [0.15, 0.2) is 42.5 Å². The van der Waals surface area contributed by atoms with Crippen LogP contribution >= 0.6 is 0 Å². The van der Waals surface area contributed by atoms with E-state index in [2.05, 4.69) is 5.32 Å². The summed E-state index contributed by atoms with van der Waals surface area (Å²) in [6.07, 6.45) is 0.541. The van der Waals surface area contributed by atoms with Crippen molar-refractivity contribution in [2.45, 2.75) is 13.3 Å². The first-order valence-electron chi connectivity index (χ1n) is 9.02. The summed E-state index contributed by atoms with van der Waals surface area (Å²) in [5.41, 5.74) is 2.00. The van der Waals surface area contributed by atoms with Crippen molar-refractivity contribution >= 4 is 33.3 Å². The minimum Gasteiger partial charge on any atom is -0.495 e. The molecule has 1 aliphatic heterocycles. The molecule has 1 heterocycles. The molecule has 0 radical (unpaired) electrons. The Kier molecular flexibility index (Phi) is 6.07. The summed E-state index contributed by atoms with van der Waals surface area (Å²) in [6.45, 7) is 1.77. The van der Waals surface area contributed by atoms with Gasteiger partial charge in [0.05, 0.1) is 29.8 Å². The highest BCUT2D eigenvalue weighted by Gasteiger charge is 2.28. The zero-order valence-electron chi connectivity index (χ0n) is 16.2. The van der Waals surface area contributed by atoms with Crippen molar-refractivity contribution in [1.82, 2.24) is 0 Å². The number of rotatable bonds is 6. The first-order chi connectivity index (χ1) is 13.8. The van der Waals surface area contributed by atoms with E-state index in [9.17, 15) is 18.0 Å². The van der Waals surface area contributed by atoms with Crippen LogP contribution in [0.1, 0.15) is 22.3 Å². The van der Waals surface area contributed by atoms with Crippen molar-refractivity contribution in [3.63, 3.8) is 0 Å². The highest BCUT2D eigenvalue weighted by Crippen LogP contribution is 2.26. The predicted molar refractivity (Wildman–Crippen MR) is 109 cm³/mol. The van der Waals surface area contributed by atoms with Crippen molar-refractivity contribution in [3.8, 4) is 5.75 Å². The smallest absolute Gasteiger partial charge is 0.338 e. The lowest BCUT2D eigenvalue weighted by atomic mass is 10.2. The quantitative estimate of drug-likeness (QED) is 0.723. The monoisotopic (exact) mass is 418 g/mol. The number of esters is 1. The van der Waals surface area contributed by atoms with Crippen molar-refractivity contribution in [2.24, 2.45) is 0 Å². The molecule has 1 amide bonds. The second-order valence-corrected chi connectivity index (χ2v) is 8.63. The van der Waals surface area contributed by atoms with Gasteiger partial charge in [-0.15, -0.1) is 0 Å². The molecule has 0 aromatic heterocycles. The van der Waals surface area contributed by atoms with Crippen molar-refractivity contribution in [1.29, 1.82) is 0 Å². The van der Waals surface area contributed by atoms with Crippen molar-refractivity contribution < 1.29 is 27.5 Å². The summed E-state index contributed by atoms with van der Waals surface area (Å²) in [7, 11) is -1.85. The van der Waals surface area contributed by atoms with Crippen LogP contribution in [0.25, 0.3) is 0 Å². The van der Waals surface area contributed by atoms with Gasteiger partial charge >= 0.3 is 5.97 Å². The number of nitrogens with zero attached hydrogens (tertiary/aromatic N) is 1. The third kappa shape index (κ3) is 4.86. The zero-order chi connectivity index (χ0) is 21.0. The first-order valence-corrected chi connectivity index (χ1v) is 10.6. The number of ether oxygens (including phenoxy) is 2. The maximum absolute atomic E-state index is 12.3. The topological polar surface area (TPSA) is 102 Å². The van der Waals surface area contributed by atoms with Crippen molar-refractivity contribution in [3.05, 3.63) is 53.6 Å². The van der Waals surface area contributed by atoms with Gasteiger partial charge in [-0.25, -0.2) is 13.2 Å². The lowest BCUT2D eigenvalue weighted by molar-refractivity contribution is -0.119. The van der Waals surface area contributed by atoms with Crippen LogP contribution in [0.5, 0.6) is 5.75 Å². The molecule has 2 aromatic carbocycles. The molecule has 0 saturated carbocycles. The van der Waals surface area contributed by atoms with Crippen LogP contribution in [0, 0.1) is 6.92 Å². The zero-order valence-corrected chi connectivity index (χ0v) is 17.0. The van der Waals surface area contributed by atoms with Crippen LogP contribution in [-0.2, 0) is 19.6 Å². The average molecular weight is 418 g/mol. The summed E-state index contributed by atoms with van der Waals surface area (Å²) in [5.74, 6) is -0.644. The Hall–Kier alpha value is -3.07. The molecule has 1 aliphatic rings. The van der Waals surface area contributed by atoms with E-state index in [4.69, 9.17) is 9.47 Å². The van der Waals surface area contributed by atoms with Gasteiger partial charge in [0.25, 0.3) is 5.91 Å². The Labute approximate surface area is 169 Å². The molecular weight excluding hydrogens is 396 g/mol. The summed E-state index contributed by atoms with van der Waals surface area (Å²) < 4.78 is 35.7. The van der Waals surface area contributed by atoms with E-state index >= 15 is 0 Å². The van der Waals surface area contributed by atoms with E-state index in [0.29, 0.717) is 30.1 Å². The summed E-state index contributed by atoms with van der Waals surface area (Å²) in [5, 5.41) is 2.65. The maximum atomic E-state index is 12.3. The Bertz CT molecular complexity index is 1040. The molecule has 2 aromatic rings.